The lowest BCUT2D eigenvalue weighted by Gasteiger charge is -2.19. The first-order valence-electron chi connectivity index (χ1n) is 5.17. The minimum atomic E-state index is -0.0384. The third kappa shape index (κ3) is 2.42. The lowest BCUT2D eigenvalue weighted by atomic mass is 10.1. The maximum Gasteiger partial charge on any atom is 0.258 e. The van der Waals surface area contributed by atoms with Crippen molar-refractivity contribution >= 4 is 5.91 Å². The minimum absolute atomic E-state index is 0.0384. The molecular weight excluding hydrogens is 202 g/mol. The molecule has 0 atom stereocenters. The molecule has 3 nitrogen and oxygen atoms in total. The third-order valence-corrected chi connectivity index (χ3v) is 2.36. The number of amides is 1. The van der Waals surface area contributed by atoms with Crippen molar-refractivity contribution in [3.8, 4) is 0 Å². The zero-order valence-electron chi connectivity index (χ0n) is 9.82. The standard InChI is InChI=1S/C13H17NO2/c1-5-7-14(8-6-2)13(15)12-10(3)9-16-11(12)4/h5-6,9H,1-2,7-8H2,3-4H3. The summed E-state index contributed by atoms with van der Waals surface area (Å²) in [6.45, 7) is 12.0. The van der Waals surface area contributed by atoms with E-state index in [4.69, 9.17) is 4.42 Å². The summed E-state index contributed by atoms with van der Waals surface area (Å²) in [7, 11) is 0. The monoisotopic (exact) mass is 219 g/mol. The maximum absolute atomic E-state index is 12.2. The minimum Gasteiger partial charge on any atom is -0.469 e. The maximum atomic E-state index is 12.2. The molecule has 0 aliphatic rings. The Kier molecular flexibility index (Phi) is 4.11. The van der Waals surface area contributed by atoms with Gasteiger partial charge in [0.15, 0.2) is 0 Å². The molecule has 0 aliphatic carbocycles. The van der Waals surface area contributed by atoms with Crippen molar-refractivity contribution in [3.63, 3.8) is 0 Å². The molecule has 0 unspecified atom stereocenters. The zero-order chi connectivity index (χ0) is 12.1. The Labute approximate surface area is 96.1 Å². The van der Waals surface area contributed by atoms with Crippen LogP contribution in [0.4, 0.5) is 0 Å². The number of nitrogens with zero attached hydrogens (tertiary/aromatic N) is 1. The molecular formula is C13H17NO2. The van der Waals surface area contributed by atoms with Gasteiger partial charge in [-0.15, -0.1) is 13.2 Å². The Morgan fingerprint density at radius 1 is 1.38 bits per heavy atom. The summed E-state index contributed by atoms with van der Waals surface area (Å²) < 4.78 is 5.22. The van der Waals surface area contributed by atoms with Crippen LogP contribution in [-0.4, -0.2) is 23.9 Å². The molecule has 0 saturated carbocycles. The smallest absolute Gasteiger partial charge is 0.258 e. The molecule has 1 rings (SSSR count). The highest BCUT2D eigenvalue weighted by Crippen LogP contribution is 2.17. The molecule has 0 aliphatic heterocycles. The van der Waals surface area contributed by atoms with Crippen molar-refractivity contribution in [3.05, 3.63) is 48.5 Å². The van der Waals surface area contributed by atoms with Crippen molar-refractivity contribution in [2.24, 2.45) is 0 Å². The van der Waals surface area contributed by atoms with Gasteiger partial charge in [0.05, 0.1) is 11.8 Å². The van der Waals surface area contributed by atoms with Crippen LogP contribution in [-0.2, 0) is 0 Å². The summed E-state index contributed by atoms with van der Waals surface area (Å²) >= 11 is 0. The van der Waals surface area contributed by atoms with Gasteiger partial charge in [0.2, 0.25) is 0 Å². The summed E-state index contributed by atoms with van der Waals surface area (Å²) in [5.41, 5.74) is 1.50. The molecule has 0 N–H and O–H groups in total. The van der Waals surface area contributed by atoms with E-state index in [0.717, 1.165) is 5.56 Å². The van der Waals surface area contributed by atoms with Gasteiger partial charge in [-0.2, -0.15) is 0 Å². The van der Waals surface area contributed by atoms with Crippen molar-refractivity contribution in [1.82, 2.24) is 4.90 Å². The quantitative estimate of drug-likeness (QED) is 0.713. The van der Waals surface area contributed by atoms with E-state index in [1.807, 2.05) is 6.92 Å². The van der Waals surface area contributed by atoms with E-state index in [1.54, 1.807) is 30.2 Å². The van der Waals surface area contributed by atoms with Gasteiger partial charge in [0, 0.05) is 18.7 Å². The second kappa shape index (κ2) is 5.35. The van der Waals surface area contributed by atoms with E-state index in [1.165, 1.54) is 0 Å². The molecule has 16 heavy (non-hydrogen) atoms. The number of aryl methyl sites for hydroxylation is 2. The van der Waals surface area contributed by atoms with Gasteiger partial charge in [-0.1, -0.05) is 12.2 Å². The van der Waals surface area contributed by atoms with Gasteiger partial charge in [-0.3, -0.25) is 4.79 Å². The van der Waals surface area contributed by atoms with Crippen molar-refractivity contribution in [1.29, 1.82) is 0 Å². The van der Waals surface area contributed by atoms with Crippen LogP contribution < -0.4 is 0 Å². The first kappa shape index (κ1) is 12.3. The topological polar surface area (TPSA) is 33.5 Å². The van der Waals surface area contributed by atoms with E-state index in [9.17, 15) is 4.79 Å². The highest BCUT2D eigenvalue weighted by molar-refractivity contribution is 5.96. The molecule has 0 bridgehead atoms. The van der Waals surface area contributed by atoms with Crippen LogP contribution in [0.2, 0.25) is 0 Å². The first-order chi connectivity index (χ1) is 7.61. The number of furan rings is 1. The molecule has 1 aromatic rings. The van der Waals surface area contributed by atoms with Crippen LogP contribution in [0.1, 0.15) is 21.7 Å². The van der Waals surface area contributed by atoms with E-state index < -0.39 is 0 Å². The summed E-state index contributed by atoms with van der Waals surface area (Å²) in [5, 5.41) is 0. The van der Waals surface area contributed by atoms with Crippen LogP contribution in [0.25, 0.3) is 0 Å². The molecule has 0 spiro atoms. The summed E-state index contributed by atoms with van der Waals surface area (Å²) in [5.74, 6) is 0.615. The molecule has 0 aromatic carbocycles. The SMILES string of the molecule is C=CCN(CC=C)C(=O)c1c(C)coc1C. The summed E-state index contributed by atoms with van der Waals surface area (Å²) in [6, 6.07) is 0. The molecule has 86 valence electrons. The Bertz CT molecular complexity index is 375. The van der Waals surface area contributed by atoms with E-state index in [-0.39, 0.29) is 5.91 Å². The molecule has 0 radical (unpaired) electrons. The molecule has 3 heteroatoms. The number of hydrogen-bond donors (Lipinski definition) is 0. The molecule has 1 heterocycles. The summed E-state index contributed by atoms with van der Waals surface area (Å²) in [6.07, 6.45) is 5.00. The van der Waals surface area contributed by atoms with Gasteiger partial charge in [-0.05, 0) is 13.8 Å². The second-order valence-electron chi connectivity index (χ2n) is 3.64. The predicted octanol–water partition coefficient (Wildman–Crippen LogP) is 2.71. The van der Waals surface area contributed by atoms with Gasteiger partial charge in [0.25, 0.3) is 5.91 Å². The fourth-order valence-corrected chi connectivity index (χ4v) is 1.60. The molecule has 1 aromatic heterocycles. The summed E-state index contributed by atoms with van der Waals surface area (Å²) in [4.78, 5) is 13.9. The average Bonchev–Trinajstić information content (AvgIpc) is 2.57. The van der Waals surface area contributed by atoms with Gasteiger partial charge in [0.1, 0.15) is 5.76 Å². The largest absolute Gasteiger partial charge is 0.469 e. The first-order valence-corrected chi connectivity index (χ1v) is 5.17. The van der Waals surface area contributed by atoms with Crippen LogP contribution in [0.5, 0.6) is 0 Å². The molecule has 1 amide bonds. The Hall–Kier alpha value is -1.77. The van der Waals surface area contributed by atoms with Crippen molar-refractivity contribution < 1.29 is 9.21 Å². The van der Waals surface area contributed by atoms with Crippen molar-refractivity contribution in [2.75, 3.05) is 13.1 Å². The van der Waals surface area contributed by atoms with Crippen LogP contribution in [0, 0.1) is 13.8 Å². The third-order valence-electron chi connectivity index (χ3n) is 2.36. The number of carbonyl (C=O) groups is 1. The average molecular weight is 219 g/mol. The second-order valence-corrected chi connectivity index (χ2v) is 3.64. The van der Waals surface area contributed by atoms with E-state index in [2.05, 4.69) is 13.2 Å². The van der Waals surface area contributed by atoms with Crippen LogP contribution in [0.3, 0.4) is 0 Å². The Balaban J connectivity index is 2.98. The number of hydrogen-bond acceptors (Lipinski definition) is 2. The van der Waals surface area contributed by atoms with Crippen LogP contribution >= 0.6 is 0 Å². The van der Waals surface area contributed by atoms with Gasteiger partial charge >= 0.3 is 0 Å². The lowest BCUT2D eigenvalue weighted by molar-refractivity contribution is 0.0788. The van der Waals surface area contributed by atoms with E-state index in [0.29, 0.717) is 24.4 Å². The number of rotatable bonds is 5. The molecule has 0 fully saturated rings. The van der Waals surface area contributed by atoms with Crippen LogP contribution in [0.15, 0.2) is 36.0 Å². The highest BCUT2D eigenvalue weighted by atomic mass is 16.3. The zero-order valence-corrected chi connectivity index (χ0v) is 9.82. The van der Waals surface area contributed by atoms with E-state index >= 15 is 0 Å². The Morgan fingerprint density at radius 3 is 2.31 bits per heavy atom. The lowest BCUT2D eigenvalue weighted by Crippen LogP contribution is -2.31. The van der Waals surface area contributed by atoms with Crippen molar-refractivity contribution in [2.45, 2.75) is 13.8 Å². The molecule has 0 saturated heterocycles. The highest BCUT2D eigenvalue weighted by Gasteiger charge is 2.20. The fourth-order valence-electron chi connectivity index (χ4n) is 1.60. The normalized spacial score (nSPS) is 9.88. The van der Waals surface area contributed by atoms with Gasteiger partial charge in [-0.25, -0.2) is 0 Å². The number of carbonyl (C=O) groups excluding carboxylic acids is 1. The fraction of sp³-hybridized carbons (Fsp3) is 0.308. The van der Waals surface area contributed by atoms with Gasteiger partial charge < -0.3 is 9.32 Å². The Morgan fingerprint density at radius 2 is 1.94 bits per heavy atom. The predicted molar refractivity (Wildman–Crippen MR) is 64.5 cm³/mol.